The van der Waals surface area contributed by atoms with Crippen LogP contribution in [0, 0.1) is 5.92 Å². The summed E-state index contributed by atoms with van der Waals surface area (Å²) in [5.74, 6) is 1.47. The molecule has 1 aromatic heterocycles. The molecule has 2 N–H and O–H groups in total. The van der Waals surface area contributed by atoms with Gasteiger partial charge in [0.15, 0.2) is 5.76 Å². The van der Waals surface area contributed by atoms with E-state index in [4.69, 9.17) is 4.42 Å². The van der Waals surface area contributed by atoms with Crippen LogP contribution in [-0.2, 0) is 0 Å². The molecule has 27 heavy (non-hydrogen) atoms. The third kappa shape index (κ3) is 3.78. The number of rotatable bonds is 4. The summed E-state index contributed by atoms with van der Waals surface area (Å²) in [5, 5.41) is 6.54. The fraction of sp³-hybridized carbons (Fsp3) is 0.273. The van der Waals surface area contributed by atoms with Crippen molar-refractivity contribution in [2.24, 2.45) is 5.92 Å². The Labute approximate surface area is 158 Å². The van der Waals surface area contributed by atoms with Gasteiger partial charge in [0, 0.05) is 17.2 Å². The van der Waals surface area contributed by atoms with E-state index in [0.29, 0.717) is 28.7 Å². The maximum atomic E-state index is 12.9. The number of piperidine rings is 1. The van der Waals surface area contributed by atoms with Crippen molar-refractivity contribution in [3.05, 3.63) is 66.4 Å². The highest BCUT2D eigenvalue weighted by Gasteiger charge is 2.25. The van der Waals surface area contributed by atoms with E-state index in [1.165, 1.54) is 0 Å². The van der Waals surface area contributed by atoms with Crippen LogP contribution in [0.5, 0.6) is 0 Å². The molecule has 1 saturated heterocycles. The standard InChI is InChI=1S/C22H23N3O2/c1-15-13-23-12-11-19(15)25-21(26)17-9-5-6-10-18(17)22-24-14-20(27-22)16-7-3-2-4-8-16/h2-10,14-15,19,23H,11-13H2,1H3,(H,25,26). The third-order valence-corrected chi connectivity index (χ3v) is 5.07. The van der Waals surface area contributed by atoms with Crippen LogP contribution in [0.15, 0.2) is 65.2 Å². The molecule has 4 rings (SSSR count). The van der Waals surface area contributed by atoms with Crippen LogP contribution >= 0.6 is 0 Å². The summed E-state index contributed by atoms with van der Waals surface area (Å²) in [7, 11) is 0. The van der Waals surface area contributed by atoms with Crippen molar-refractivity contribution < 1.29 is 9.21 Å². The second kappa shape index (κ2) is 7.76. The topological polar surface area (TPSA) is 67.2 Å². The molecule has 1 aliphatic rings. The minimum absolute atomic E-state index is 0.0798. The van der Waals surface area contributed by atoms with Crippen molar-refractivity contribution in [2.75, 3.05) is 13.1 Å². The average molecular weight is 361 g/mol. The highest BCUT2D eigenvalue weighted by Crippen LogP contribution is 2.28. The lowest BCUT2D eigenvalue weighted by Crippen LogP contribution is -2.48. The summed E-state index contributed by atoms with van der Waals surface area (Å²) in [5.41, 5.74) is 2.25. The first kappa shape index (κ1) is 17.5. The van der Waals surface area contributed by atoms with Crippen LogP contribution in [-0.4, -0.2) is 30.0 Å². The second-order valence-electron chi connectivity index (χ2n) is 6.99. The van der Waals surface area contributed by atoms with Gasteiger partial charge in [0.05, 0.1) is 11.8 Å². The summed E-state index contributed by atoms with van der Waals surface area (Å²) in [6, 6.07) is 17.5. The Morgan fingerprint density at radius 3 is 2.74 bits per heavy atom. The van der Waals surface area contributed by atoms with E-state index in [-0.39, 0.29) is 11.9 Å². The molecule has 1 fully saturated rings. The van der Waals surface area contributed by atoms with Gasteiger partial charge >= 0.3 is 0 Å². The van der Waals surface area contributed by atoms with Crippen molar-refractivity contribution in [3.8, 4) is 22.8 Å². The quantitative estimate of drug-likeness (QED) is 0.743. The lowest BCUT2D eigenvalue weighted by Gasteiger charge is -2.30. The van der Waals surface area contributed by atoms with Crippen LogP contribution < -0.4 is 10.6 Å². The van der Waals surface area contributed by atoms with Gasteiger partial charge in [-0.15, -0.1) is 0 Å². The van der Waals surface area contributed by atoms with Crippen LogP contribution in [0.25, 0.3) is 22.8 Å². The summed E-state index contributed by atoms with van der Waals surface area (Å²) in [6.45, 7) is 4.01. The van der Waals surface area contributed by atoms with Crippen LogP contribution in [0.1, 0.15) is 23.7 Å². The van der Waals surface area contributed by atoms with E-state index >= 15 is 0 Å². The normalized spacial score (nSPS) is 19.6. The van der Waals surface area contributed by atoms with Gasteiger partial charge in [-0.1, -0.05) is 49.4 Å². The first-order valence-corrected chi connectivity index (χ1v) is 9.34. The highest BCUT2D eigenvalue weighted by atomic mass is 16.4. The Morgan fingerprint density at radius 1 is 1.15 bits per heavy atom. The zero-order valence-electron chi connectivity index (χ0n) is 15.3. The molecule has 2 heterocycles. The number of nitrogens with zero attached hydrogens (tertiary/aromatic N) is 1. The molecule has 0 spiro atoms. The van der Waals surface area contributed by atoms with E-state index in [2.05, 4.69) is 22.5 Å². The summed E-state index contributed by atoms with van der Waals surface area (Å²) < 4.78 is 5.96. The molecule has 2 atom stereocenters. The minimum atomic E-state index is -0.0798. The fourth-order valence-electron chi connectivity index (χ4n) is 3.48. The van der Waals surface area contributed by atoms with Crippen LogP contribution in [0.4, 0.5) is 0 Å². The molecule has 138 valence electrons. The first-order valence-electron chi connectivity index (χ1n) is 9.34. The lowest BCUT2D eigenvalue weighted by atomic mass is 9.94. The van der Waals surface area contributed by atoms with Gasteiger partial charge in [-0.05, 0) is 37.6 Å². The summed E-state index contributed by atoms with van der Waals surface area (Å²) in [4.78, 5) is 17.3. The third-order valence-electron chi connectivity index (χ3n) is 5.07. The Balaban J connectivity index is 1.60. The molecule has 2 aromatic carbocycles. The molecule has 1 amide bonds. The second-order valence-corrected chi connectivity index (χ2v) is 6.99. The zero-order chi connectivity index (χ0) is 18.6. The molecule has 1 aliphatic heterocycles. The minimum Gasteiger partial charge on any atom is -0.436 e. The number of carbonyl (C=O) groups is 1. The maximum absolute atomic E-state index is 12.9. The van der Waals surface area contributed by atoms with Crippen molar-refractivity contribution in [1.82, 2.24) is 15.6 Å². The van der Waals surface area contributed by atoms with Crippen molar-refractivity contribution in [2.45, 2.75) is 19.4 Å². The van der Waals surface area contributed by atoms with Gasteiger partial charge < -0.3 is 15.1 Å². The molecular weight excluding hydrogens is 338 g/mol. The Kier molecular flexibility index (Phi) is 5.03. The number of hydrogen-bond acceptors (Lipinski definition) is 4. The first-order chi connectivity index (χ1) is 13.2. The van der Waals surface area contributed by atoms with Gasteiger partial charge in [0.2, 0.25) is 5.89 Å². The van der Waals surface area contributed by atoms with Gasteiger partial charge in [-0.3, -0.25) is 4.79 Å². The van der Waals surface area contributed by atoms with Crippen molar-refractivity contribution in [3.63, 3.8) is 0 Å². The van der Waals surface area contributed by atoms with E-state index in [1.54, 1.807) is 6.20 Å². The van der Waals surface area contributed by atoms with Crippen LogP contribution in [0.3, 0.4) is 0 Å². The monoisotopic (exact) mass is 361 g/mol. The molecule has 3 aromatic rings. The van der Waals surface area contributed by atoms with Crippen molar-refractivity contribution in [1.29, 1.82) is 0 Å². The molecule has 0 aliphatic carbocycles. The molecule has 0 bridgehead atoms. The van der Waals surface area contributed by atoms with Crippen LogP contribution in [0.2, 0.25) is 0 Å². The highest BCUT2D eigenvalue weighted by molar-refractivity contribution is 6.00. The number of oxazole rings is 1. The molecule has 5 nitrogen and oxygen atoms in total. The van der Waals surface area contributed by atoms with Gasteiger partial charge in [-0.25, -0.2) is 4.98 Å². The summed E-state index contributed by atoms with van der Waals surface area (Å²) >= 11 is 0. The van der Waals surface area contributed by atoms with E-state index in [9.17, 15) is 4.79 Å². The molecule has 0 radical (unpaired) electrons. The van der Waals surface area contributed by atoms with Gasteiger partial charge in [0.1, 0.15) is 0 Å². The number of nitrogens with one attached hydrogen (secondary N) is 2. The number of hydrogen-bond donors (Lipinski definition) is 2. The van der Waals surface area contributed by atoms with E-state index < -0.39 is 0 Å². The number of carbonyl (C=O) groups excluding carboxylic acids is 1. The maximum Gasteiger partial charge on any atom is 0.252 e. The largest absolute Gasteiger partial charge is 0.436 e. The number of aromatic nitrogens is 1. The molecule has 0 saturated carbocycles. The summed E-state index contributed by atoms with van der Waals surface area (Å²) in [6.07, 6.45) is 2.64. The Bertz CT molecular complexity index is 920. The van der Waals surface area contributed by atoms with Gasteiger partial charge in [0.25, 0.3) is 5.91 Å². The SMILES string of the molecule is CC1CNCCC1NC(=O)c1ccccc1-c1ncc(-c2ccccc2)o1. The fourth-order valence-corrected chi connectivity index (χ4v) is 3.48. The smallest absolute Gasteiger partial charge is 0.252 e. The van der Waals surface area contributed by atoms with E-state index in [0.717, 1.165) is 25.1 Å². The molecule has 5 heteroatoms. The van der Waals surface area contributed by atoms with Crippen molar-refractivity contribution >= 4 is 5.91 Å². The Morgan fingerprint density at radius 2 is 1.93 bits per heavy atom. The van der Waals surface area contributed by atoms with E-state index in [1.807, 2.05) is 54.6 Å². The number of amides is 1. The molecular formula is C22H23N3O2. The number of benzene rings is 2. The lowest BCUT2D eigenvalue weighted by molar-refractivity contribution is 0.0914. The predicted octanol–water partition coefficient (Wildman–Crippen LogP) is 3.74. The van der Waals surface area contributed by atoms with Gasteiger partial charge in [-0.2, -0.15) is 0 Å². The molecule has 2 unspecified atom stereocenters. The predicted molar refractivity (Wildman–Crippen MR) is 105 cm³/mol. The zero-order valence-corrected chi connectivity index (χ0v) is 15.3. The Hall–Kier alpha value is -2.92. The average Bonchev–Trinajstić information content (AvgIpc) is 3.20.